The molecule has 2 aliphatic rings. The molecule has 0 saturated carbocycles. The Morgan fingerprint density at radius 2 is 1.76 bits per heavy atom. The standard InChI is InChI=1S/C17H15N2O2/c1-20-16-8-4-5-9-17(16)21-19-12-18-11-14(19)10-13-6-2-3-7-15(13)19/h2-9,11-12H,10H2,1H3/q+1. The molecule has 0 radical (unpaired) electrons. The average Bonchev–Trinajstić information content (AvgIpc) is 3.04. The van der Waals surface area contributed by atoms with Crippen LogP contribution in [0.25, 0.3) is 0 Å². The highest BCUT2D eigenvalue weighted by molar-refractivity contribution is 5.83. The number of hydrogen-bond donors (Lipinski definition) is 0. The Bertz CT molecular complexity index is 767. The van der Waals surface area contributed by atoms with Crippen LogP contribution in [0, 0.1) is 0 Å². The van der Waals surface area contributed by atoms with Crippen molar-refractivity contribution in [3.05, 3.63) is 66.0 Å². The van der Waals surface area contributed by atoms with Gasteiger partial charge in [-0.15, -0.1) is 0 Å². The molecule has 2 heterocycles. The molecule has 4 rings (SSSR count). The van der Waals surface area contributed by atoms with Crippen molar-refractivity contribution < 1.29 is 9.57 Å². The summed E-state index contributed by atoms with van der Waals surface area (Å²) in [7, 11) is 1.65. The Balaban J connectivity index is 1.83. The van der Waals surface area contributed by atoms with Crippen molar-refractivity contribution in [3.63, 3.8) is 0 Å². The molecule has 1 unspecified atom stereocenters. The van der Waals surface area contributed by atoms with Gasteiger partial charge in [-0.05, 0) is 16.8 Å². The lowest BCUT2D eigenvalue weighted by molar-refractivity contribution is 0.0721. The zero-order chi connectivity index (χ0) is 14.3. The lowest BCUT2D eigenvalue weighted by Gasteiger charge is -2.25. The third-order valence-corrected chi connectivity index (χ3v) is 3.91. The van der Waals surface area contributed by atoms with Crippen molar-refractivity contribution in [1.82, 2.24) is 4.65 Å². The molecule has 2 aliphatic heterocycles. The maximum absolute atomic E-state index is 6.33. The topological polar surface area (TPSA) is 30.8 Å². The molecule has 2 aromatic rings. The van der Waals surface area contributed by atoms with Crippen LogP contribution in [0.4, 0.5) is 5.69 Å². The summed E-state index contributed by atoms with van der Waals surface area (Å²) in [6, 6.07) is 16.0. The van der Waals surface area contributed by atoms with Crippen molar-refractivity contribution in [2.75, 3.05) is 7.11 Å². The van der Waals surface area contributed by atoms with E-state index in [0.717, 1.165) is 17.8 Å². The summed E-state index contributed by atoms with van der Waals surface area (Å²) < 4.78 is 5.59. The van der Waals surface area contributed by atoms with E-state index in [9.17, 15) is 0 Å². The number of para-hydroxylation sites is 3. The second kappa shape index (κ2) is 4.46. The number of fused-ring (bicyclic) bond motifs is 3. The Morgan fingerprint density at radius 1 is 1.00 bits per heavy atom. The van der Waals surface area contributed by atoms with Crippen molar-refractivity contribution in [2.24, 2.45) is 4.99 Å². The number of benzene rings is 2. The Kier molecular flexibility index (Phi) is 2.59. The molecule has 0 amide bonds. The zero-order valence-corrected chi connectivity index (χ0v) is 11.7. The SMILES string of the molecule is COc1ccccc1O[N+]12C=NC=C1Cc1ccccc12. The van der Waals surface area contributed by atoms with Crippen molar-refractivity contribution in [1.29, 1.82) is 0 Å². The first-order chi connectivity index (χ1) is 10.3. The summed E-state index contributed by atoms with van der Waals surface area (Å²) in [6.45, 7) is 0. The average molecular weight is 279 g/mol. The largest absolute Gasteiger partial charge is 0.493 e. The molecule has 0 saturated heterocycles. The maximum atomic E-state index is 6.33. The van der Waals surface area contributed by atoms with E-state index in [1.165, 1.54) is 5.56 Å². The van der Waals surface area contributed by atoms with E-state index in [4.69, 9.17) is 9.57 Å². The van der Waals surface area contributed by atoms with Gasteiger partial charge in [-0.25, -0.2) is 4.99 Å². The van der Waals surface area contributed by atoms with Gasteiger partial charge in [-0.1, -0.05) is 30.3 Å². The minimum atomic E-state index is 0.205. The van der Waals surface area contributed by atoms with E-state index < -0.39 is 0 Å². The first kappa shape index (κ1) is 12.2. The Morgan fingerprint density at radius 3 is 2.62 bits per heavy atom. The summed E-state index contributed by atoms with van der Waals surface area (Å²) >= 11 is 0. The summed E-state index contributed by atoms with van der Waals surface area (Å²) in [6.07, 6.45) is 4.56. The second-order valence-corrected chi connectivity index (χ2v) is 5.09. The fourth-order valence-electron chi connectivity index (χ4n) is 2.91. The fourth-order valence-corrected chi connectivity index (χ4v) is 2.91. The normalized spacial score (nSPS) is 21.7. The number of hydrogen-bond acceptors (Lipinski definition) is 3. The highest BCUT2D eigenvalue weighted by Gasteiger charge is 2.49. The van der Waals surface area contributed by atoms with Gasteiger partial charge in [0.05, 0.1) is 19.7 Å². The molecule has 0 fully saturated rings. The molecule has 1 atom stereocenters. The first-order valence-electron chi connectivity index (χ1n) is 6.87. The van der Waals surface area contributed by atoms with Crippen LogP contribution in [-0.2, 0) is 6.42 Å². The van der Waals surface area contributed by atoms with Crippen LogP contribution in [0.2, 0.25) is 0 Å². The van der Waals surface area contributed by atoms with E-state index >= 15 is 0 Å². The van der Waals surface area contributed by atoms with Crippen molar-refractivity contribution >= 4 is 12.0 Å². The molecule has 4 heteroatoms. The van der Waals surface area contributed by atoms with Crippen LogP contribution >= 0.6 is 0 Å². The van der Waals surface area contributed by atoms with E-state index in [1.54, 1.807) is 7.11 Å². The molecule has 21 heavy (non-hydrogen) atoms. The van der Waals surface area contributed by atoms with Crippen LogP contribution in [0.5, 0.6) is 11.5 Å². The van der Waals surface area contributed by atoms with Gasteiger partial charge in [-0.3, -0.25) is 4.84 Å². The number of rotatable bonds is 3. The maximum Gasteiger partial charge on any atom is 0.243 e. The molecule has 0 bridgehead atoms. The Hall–Kier alpha value is -2.59. The molecular weight excluding hydrogens is 264 g/mol. The van der Waals surface area contributed by atoms with Crippen LogP contribution in [-0.4, -0.2) is 13.4 Å². The van der Waals surface area contributed by atoms with E-state index in [0.29, 0.717) is 11.5 Å². The number of nitrogens with zero attached hydrogens (tertiary/aromatic N) is 2. The van der Waals surface area contributed by atoms with E-state index in [-0.39, 0.29) is 4.65 Å². The van der Waals surface area contributed by atoms with Crippen molar-refractivity contribution in [3.8, 4) is 11.5 Å². The quantitative estimate of drug-likeness (QED) is 0.806. The Labute approximate surface area is 123 Å². The van der Waals surface area contributed by atoms with E-state index in [2.05, 4.69) is 23.2 Å². The number of ether oxygens (including phenoxy) is 1. The molecule has 0 spiro atoms. The number of hydroxylamine groups is 2. The van der Waals surface area contributed by atoms with Gasteiger partial charge in [0.15, 0.2) is 17.1 Å². The summed E-state index contributed by atoms with van der Waals surface area (Å²) in [4.78, 5) is 10.6. The summed E-state index contributed by atoms with van der Waals surface area (Å²) in [5, 5.41) is 0. The van der Waals surface area contributed by atoms with Gasteiger partial charge in [0.1, 0.15) is 0 Å². The van der Waals surface area contributed by atoms with E-state index in [1.807, 2.05) is 42.9 Å². The minimum Gasteiger partial charge on any atom is -0.493 e. The number of quaternary nitrogens is 1. The van der Waals surface area contributed by atoms with Gasteiger partial charge >= 0.3 is 0 Å². The van der Waals surface area contributed by atoms with Gasteiger partial charge < -0.3 is 4.74 Å². The van der Waals surface area contributed by atoms with Gasteiger partial charge in [0.2, 0.25) is 12.1 Å². The number of aliphatic imine (C=N–C) groups is 1. The molecule has 104 valence electrons. The van der Waals surface area contributed by atoms with Crippen LogP contribution in [0.3, 0.4) is 0 Å². The smallest absolute Gasteiger partial charge is 0.243 e. The minimum absolute atomic E-state index is 0.205. The molecule has 4 nitrogen and oxygen atoms in total. The molecule has 0 N–H and O–H groups in total. The monoisotopic (exact) mass is 279 g/mol. The fraction of sp³-hybridized carbons (Fsp3) is 0.118. The molecule has 0 aromatic heterocycles. The number of allylic oxidation sites excluding steroid dienone is 1. The predicted molar refractivity (Wildman–Crippen MR) is 82.1 cm³/mol. The number of methoxy groups -OCH3 is 1. The summed E-state index contributed by atoms with van der Waals surface area (Å²) in [5.74, 6) is 1.42. The predicted octanol–water partition coefficient (Wildman–Crippen LogP) is 3.44. The lowest BCUT2D eigenvalue weighted by atomic mass is 10.1. The van der Waals surface area contributed by atoms with Crippen LogP contribution in [0.1, 0.15) is 5.56 Å². The molecule has 0 aliphatic carbocycles. The summed E-state index contributed by atoms with van der Waals surface area (Å²) in [5.41, 5.74) is 3.49. The third-order valence-electron chi connectivity index (χ3n) is 3.91. The molecular formula is C17H15N2O2+. The highest BCUT2D eigenvalue weighted by atomic mass is 16.7. The highest BCUT2D eigenvalue weighted by Crippen LogP contribution is 2.44. The third kappa shape index (κ3) is 1.69. The first-order valence-corrected chi connectivity index (χ1v) is 6.87. The van der Waals surface area contributed by atoms with Gasteiger partial charge in [0, 0.05) is 11.6 Å². The van der Waals surface area contributed by atoms with Crippen LogP contribution in [0.15, 0.2) is 65.4 Å². The van der Waals surface area contributed by atoms with Crippen LogP contribution < -0.4 is 14.2 Å². The zero-order valence-electron chi connectivity index (χ0n) is 11.7. The van der Waals surface area contributed by atoms with Gasteiger partial charge in [0.25, 0.3) is 0 Å². The van der Waals surface area contributed by atoms with Crippen molar-refractivity contribution in [2.45, 2.75) is 6.42 Å². The molecule has 2 aromatic carbocycles. The second-order valence-electron chi connectivity index (χ2n) is 5.09. The van der Waals surface area contributed by atoms with Gasteiger partial charge in [-0.2, -0.15) is 0 Å². The lowest BCUT2D eigenvalue weighted by Crippen LogP contribution is -2.46.